The summed E-state index contributed by atoms with van der Waals surface area (Å²) in [4.78, 5) is 37.9. The highest BCUT2D eigenvalue weighted by atomic mass is 16.6. The topological polar surface area (TPSA) is 89.8 Å². The minimum absolute atomic E-state index is 0.0132. The van der Waals surface area contributed by atoms with Gasteiger partial charge in [0.1, 0.15) is 0 Å². The molecule has 7 nitrogen and oxygen atoms in total. The number of non-ortho nitro benzene ring substituents is 1. The van der Waals surface area contributed by atoms with Crippen molar-refractivity contribution in [2.45, 2.75) is 26.7 Å². The van der Waals surface area contributed by atoms with Crippen molar-refractivity contribution < 1.29 is 19.2 Å². The molecular formula is C29H26N2O5. The second kappa shape index (κ2) is 10.8. The molecule has 0 spiro atoms. The maximum absolute atomic E-state index is 13.5. The highest BCUT2D eigenvalue weighted by Crippen LogP contribution is 2.35. The van der Waals surface area contributed by atoms with Crippen molar-refractivity contribution in [3.8, 4) is 0 Å². The Morgan fingerprint density at radius 1 is 1.00 bits per heavy atom. The fourth-order valence-corrected chi connectivity index (χ4v) is 3.82. The molecule has 4 rings (SSSR count). The molecule has 0 N–H and O–H groups in total. The lowest BCUT2D eigenvalue weighted by Crippen LogP contribution is -2.25. The normalized spacial score (nSPS) is 14.2. The van der Waals surface area contributed by atoms with Crippen LogP contribution >= 0.6 is 0 Å². The average molecular weight is 483 g/mol. The first-order valence-electron chi connectivity index (χ1n) is 11.7. The number of carbonyl (C=O) groups excluding carboxylic acids is 2. The van der Waals surface area contributed by atoms with E-state index in [0.717, 1.165) is 24.0 Å². The first kappa shape index (κ1) is 24.6. The number of nitrogens with zero attached hydrogens (tertiary/aromatic N) is 2. The standard InChI is InChI=1S/C29H26N2O5/c1-3-4-17-36-29(33)23-11-15-25(16-12-23)30-27(22-9-5-20(2)6-10-22)19-24(28(30)32)18-21-7-13-26(14-8-21)31(34)35/h5-16,18-19H,3-4,17H2,1-2H3/b24-18+. The van der Waals surface area contributed by atoms with Gasteiger partial charge in [0.05, 0.1) is 22.8 Å². The third-order valence-electron chi connectivity index (χ3n) is 5.85. The fraction of sp³-hybridized carbons (Fsp3) is 0.172. The van der Waals surface area contributed by atoms with E-state index < -0.39 is 10.9 Å². The van der Waals surface area contributed by atoms with Crippen molar-refractivity contribution in [3.63, 3.8) is 0 Å². The van der Waals surface area contributed by atoms with Crippen LogP contribution in [0.4, 0.5) is 11.4 Å². The first-order chi connectivity index (χ1) is 17.4. The zero-order valence-corrected chi connectivity index (χ0v) is 20.1. The third kappa shape index (κ3) is 5.41. The van der Waals surface area contributed by atoms with E-state index in [0.29, 0.717) is 34.7 Å². The van der Waals surface area contributed by atoms with Crippen molar-refractivity contribution in [2.24, 2.45) is 0 Å². The van der Waals surface area contributed by atoms with Gasteiger partial charge in [0, 0.05) is 23.4 Å². The Hall–Kier alpha value is -4.52. The van der Waals surface area contributed by atoms with Crippen LogP contribution in [0.3, 0.4) is 0 Å². The maximum Gasteiger partial charge on any atom is 0.338 e. The minimum Gasteiger partial charge on any atom is -0.462 e. The number of carbonyl (C=O) groups is 2. The van der Waals surface area contributed by atoms with Gasteiger partial charge in [0.25, 0.3) is 11.6 Å². The summed E-state index contributed by atoms with van der Waals surface area (Å²) in [7, 11) is 0. The van der Waals surface area contributed by atoms with E-state index in [-0.39, 0.29) is 11.6 Å². The summed E-state index contributed by atoms with van der Waals surface area (Å²) in [5.74, 6) is -0.627. The molecule has 36 heavy (non-hydrogen) atoms. The van der Waals surface area contributed by atoms with Crippen molar-refractivity contribution in [1.29, 1.82) is 0 Å². The van der Waals surface area contributed by atoms with E-state index in [1.165, 1.54) is 12.1 Å². The van der Waals surface area contributed by atoms with Gasteiger partial charge in [-0.1, -0.05) is 43.2 Å². The molecule has 1 aliphatic rings. The van der Waals surface area contributed by atoms with Gasteiger partial charge in [0.2, 0.25) is 0 Å². The van der Waals surface area contributed by atoms with E-state index in [4.69, 9.17) is 4.74 Å². The molecule has 3 aromatic carbocycles. The Morgan fingerprint density at radius 2 is 1.67 bits per heavy atom. The predicted molar refractivity (Wildman–Crippen MR) is 139 cm³/mol. The molecule has 0 fully saturated rings. The number of nitro groups is 1. The van der Waals surface area contributed by atoms with Gasteiger partial charge in [-0.3, -0.25) is 19.8 Å². The molecule has 0 bridgehead atoms. The van der Waals surface area contributed by atoms with Crippen LogP contribution in [0.5, 0.6) is 0 Å². The number of rotatable bonds is 8. The number of amides is 1. The maximum atomic E-state index is 13.5. The Morgan fingerprint density at radius 3 is 2.28 bits per heavy atom. The van der Waals surface area contributed by atoms with E-state index in [1.54, 1.807) is 53.5 Å². The highest BCUT2D eigenvalue weighted by molar-refractivity contribution is 6.23. The summed E-state index contributed by atoms with van der Waals surface area (Å²) in [5, 5.41) is 11.0. The van der Waals surface area contributed by atoms with Crippen LogP contribution < -0.4 is 4.90 Å². The molecule has 0 aliphatic carbocycles. The van der Waals surface area contributed by atoms with Crippen LogP contribution in [0, 0.1) is 17.0 Å². The van der Waals surface area contributed by atoms with Crippen molar-refractivity contribution in [2.75, 3.05) is 11.5 Å². The number of aryl methyl sites for hydroxylation is 1. The lowest BCUT2D eigenvalue weighted by molar-refractivity contribution is -0.384. The van der Waals surface area contributed by atoms with E-state index in [1.807, 2.05) is 38.1 Å². The second-order valence-corrected chi connectivity index (χ2v) is 8.52. The monoisotopic (exact) mass is 482 g/mol. The summed E-state index contributed by atoms with van der Waals surface area (Å²) < 4.78 is 5.28. The molecule has 0 atom stereocenters. The Kier molecular flexibility index (Phi) is 7.39. The van der Waals surface area contributed by atoms with Gasteiger partial charge in [-0.15, -0.1) is 0 Å². The molecule has 3 aromatic rings. The van der Waals surface area contributed by atoms with Crippen LogP contribution in [-0.4, -0.2) is 23.4 Å². The zero-order valence-electron chi connectivity index (χ0n) is 20.1. The van der Waals surface area contributed by atoms with Gasteiger partial charge in [-0.05, 0) is 73.0 Å². The zero-order chi connectivity index (χ0) is 25.7. The quantitative estimate of drug-likeness (QED) is 0.123. The molecule has 0 radical (unpaired) electrons. The van der Waals surface area contributed by atoms with Crippen LogP contribution in [0.2, 0.25) is 0 Å². The van der Waals surface area contributed by atoms with Crippen LogP contribution in [-0.2, 0) is 9.53 Å². The molecule has 0 saturated carbocycles. The first-order valence-corrected chi connectivity index (χ1v) is 11.7. The molecule has 1 heterocycles. The van der Waals surface area contributed by atoms with Crippen LogP contribution in [0.25, 0.3) is 11.8 Å². The summed E-state index contributed by atoms with van der Waals surface area (Å²) >= 11 is 0. The lowest BCUT2D eigenvalue weighted by atomic mass is 10.1. The number of nitro benzene ring substituents is 1. The van der Waals surface area contributed by atoms with E-state index in [9.17, 15) is 19.7 Å². The summed E-state index contributed by atoms with van der Waals surface area (Å²) in [5.41, 5.74) is 4.81. The number of benzene rings is 3. The van der Waals surface area contributed by atoms with Gasteiger partial charge in [-0.25, -0.2) is 4.79 Å². The van der Waals surface area contributed by atoms with Gasteiger partial charge >= 0.3 is 5.97 Å². The Labute approximate surface area is 209 Å². The molecule has 0 unspecified atom stereocenters. The van der Waals surface area contributed by atoms with Crippen LogP contribution in [0.15, 0.2) is 84.4 Å². The SMILES string of the molecule is CCCCOC(=O)c1ccc(N2C(=O)/C(=C/c3ccc([N+](=O)[O-])cc3)C=C2c2ccc(C)cc2)cc1. The minimum atomic E-state index is -0.460. The largest absolute Gasteiger partial charge is 0.462 e. The Bertz CT molecular complexity index is 1340. The second-order valence-electron chi connectivity index (χ2n) is 8.52. The molecule has 7 heteroatoms. The van der Waals surface area contributed by atoms with Crippen molar-refractivity contribution >= 4 is 35.0 Å². The van der Waals surface area contributed by atoms with Gasteiger partial charge in [-0.2, -0.15) is 0 Å². The number of hydrogen-bond donors (Lipinski definition) is 0. The van der Waals surface area contributed by atoms with E-state index >= 15 is 0 Å². The molecule has 1 aliphatic heterocycles. The van der Waals surface area contributed by atoms with Crippen molar-refractivity contribution in [1.82, 2.24) is 0 Å². The average Bonchev–Trinajstić information content (AvgIpc) is 3.20. The smallest absolute Gasteiger partial charge is 0.338 e. The number of ether oxygens (including phenoxy) is 1. The Balaban J connectivity index is 1.67. The summed E-state index contributed by atoms with van der Waals surface area (Å²) in [6.45, 7) is 4.39. The lowest BCUT2D eigenvalue weighted by Gasteiger charge is -2.21. The summed E-state index contributed by atoms with van der Waals surface area (Å²) in [6.07, 6.45) is 5.26. The fourth-order valence-electron chi connectivity index (χ4n) is 3.82. The van der Waals surface area contributed by atoms with E-state index in [2.05, 4.69) is 0 Å². The molecule has 0 aromatic heterocycles. The molecular weight excluding hydrogens is 456 g/mol. The third-order valence-corrected chi connectivity index (χ3v) is 5.85. The highest BCUT2D eigenvalue weighted by Gasteiger charge is 2.30. The van der Waals surface area contributed by atoms with Gasteiger partial charge < -0.3 is 4.74 Å². The number of unbranched alkanes of at least 4 members (excludes halogenated alkanes) is 1. The van der Waals surface area contributed by atoms with Crippen LogP contribution in [0.1, 0.15) is 46.8 Å². The molecule has 182 valence electrons. The number of esters is 1. The van der Waals surface area contributed by atoms with Crippen molar-refractivity contribution in [3.05, 3.63) is 117 Å². The summed E-state index contributed by atoms with van der Waals surface area (Å²) in [6, 6.07) is 20.7. The van der Waals surface area contributed by atoms with Gasteiger partial charge in [0.15, 0.2) is 0 Å². The molecule has 1 amide bonds. The predicted octanol–water partition coefficient (Wildman–Crippen LogP) is 6.33. The number of anilines is 1. The number of hydrogen-bond acceptors (Lipinski definition) is 5. The molecule has 0 saturated heterocycles.